The largest absolute Gasteiger partial charge is 0.355 e. The normalized spacial score (nSPS) is 27.8. The van der Waals surface area contributed by atoms with E-state index in [1.165, 1.54) is 6.42 Å². The van der Waals surface area contributed by atoms with E-state index in [-0.39, 0.29) is 23.3 Å². The van der Waals surface area contributed by atoms with E-state index in [0.717, 1.165) is 19.3 Å². The summed E-state index contributed by atoms with van der Waals surface area (Å²) in [5.41, 5.74) is 0.0680. The minimum atomic E-state index is -0.0262. The third-order valence-corrected chi connectivity index (χ3v) is 4.01. The molecule has 1 aliphatic carbocycles. The molecular weight excluding hydrogens is 204 g/mol. The molecule has 90 valence electrons. The first kappa shape index (κ1) is 11.4. The highest BCUT2D eigenvalue weighted by Gasteiger charge is 2.38. The maximum Gasteiger partial charge on any atom is 0.225 e. The van der Waals surface area contributed by atoms with Gasteiger partial charge in [-0.15, -0.1) is 0 Å². The molecule has 1 unspecified atom stereocenters. The standard InChI is InChI=1S/C12H20N2O2/c1-2-12(6-3-7-12)14-11(16)9-4-5-10(15)13-8-9/h9H,2-8H2,1H3,(H,13,15)(H,14,16). The van der Waals surface area contributed by atoms with Crippen LogP contribution in [0.2, 0.25) is 0 Å². The van der Waals surface area contributed by atoms with Gasteiger partial charge in [-0.3, -0.25) is 9.59 Å². The van der Waals surface area contributed by atoms with Crippen LogP contribution in [0.1, 0.15) is 45.4 Å². The summed E-state index contributed by atoms with van der Waals surface area (Å²) in [6, 6.07) is 0. The molecule has 2 N–H and O–H groups in total. The van der Waals surface area contributed by atoms with E-state index in [2.05, 4.69) is 17.6 Å². The van der Waals surface area contributed by atoms with Gasteiger partial charge in [0.2, 0.25) is 11.8 Å². The summed E-state index contributed by atoms with van der Waals surface area (Å²) < 4.78 is 0. The smallest absolute Gasteiger partial charge is 0.225 e. The quantitative estimate of drug-likeness (QED) is 0.750. The van der Waals surface area contributed by atoms with Crippen molar-refractivity contribution >= 4 is 11.8 Å². The number of hydrogen-bond acceptors (Lipinski definition) is 2. The molecule has 0 aromatic rings. The van der Waals surface area contributed by atoms with Crippen LogP contribution in [0.4, 0.5) is 0 Å². The Labute approximate surface area is 96.2 Å². The summed E-state index contributed by atoms with van der Waals surface area (Å²) in [5, 5.41) is 5.93. The van der Waals surface area contributed by atoms with Crippen molar-refractivity contribution in [3.8, 4) is 0 Å². The zero-order valence-electron chi connectivity index (χ0n) is 9.84. The molecule has 1 heterocycles. The van der Waals surface area contributed by atoms with Gasteiger partial charge in [0, 0.05) is 18.5 Å². The second-order valence-electron chi connectivity index (χ2n) is 5.02. The van der Waals surface area contributed by atoms with E-state index in [0.29, 0.717) is 19.4 Å². The Kier molecular flexibility index (Phi) is 3.17. The topological polar surface area (TPSA) is 58.2 Å². The maximum absolute atomic E-state index is 12.0. The van der Waals surface area contributed by atoms with E-state index >= 15 is 0 Å². The summed E-state index contributed by atoms with van der Waals surface area (Å²) in [6.07, 6.45) is 5.62. The number of piperidine rings is 1. The first-order valence-electron chi connectivity index (χ1n) is 6.24. The van der Waals surface area contributed by atoms with Gasteiger partial charge in [0.15, 0.2) is 0 Å². The Hall–Kier alpha value is -1.06. The number of carbonyl (C=O) groups excluding carboxylic acids is 2. The molecule has 16 heavy (non-hydrogen) atoms. The minimum absolute atomic E-state index is 0.0262. The van der Waals surface area contributed by atoms with Crippen LogP contribution in [0.5, 0.6) is 0 Å². The monoisotopic (exact) mass is 224 g/mol. The molecule has 4 nitrogen and oxygen atoms in total. The van der Waals surface area contributed by atoms with E-state index in [1.807, 2.05) is 0 Å². The number of hydrogen-bond donors (Lipinski definition) is 2. The fraction of sp³-hybridized carbons (Fsp3) is 0.833. The van der Waals surface area contributed by atoms with Crippen LogP contribution < -0.4 is 10.6 Å². The molecule has 0 aromatic carbocycles. The van der Waals surface area contributed by atoms with Crippen molar-refractivity contribution < 1.29 is 9.59 Å². The van der Waals surface area contributed by atoms with Gasteiger partial charge in [-0.25, -0.2) is 0 Å². The summed E-state index contributed by atoms with van der Waals surface area (Å²) in [5.74, 6) is 0.168. The lowest BCUT2D eigenvalue weighted by atomic mass is 9.74. The van der Waals surface area contributed by atoms with E-state index in [4.69, 9.17) is 0 Å². The average Bonchev–Trinajstić information content (AvgIpc) is 2.24. The third-order valence-electron chi connectivity index (χ3n) is 4.01. The highest BCUT2D eigenvalue weighted by molar-refractivity contribution is 5.84. The van der Waals surface area contributed by atoms with Gasteiger partial charge in [-0.1, -0.05) is 6.92 Å². The van der Waals surface area contributed by atoms with Gasteiger partial charge in [-0.05, 0) is 32.1 Å². The van der Waals surface area contributed by atoms with Gasteiger partial charge in [0.1, 0.15) is 0 Å². The first-order valence-corrected chi connectivity index (χ1v) is 6.24. The highest BCUT2D eigenvalue weighted by Crippen LogP contribution is 2.35. The molecule has 0 aromatic heterocycles. The van der Waals surface area contributed by atoms with Crippen molar-refractivity contribution in [1.82, 2.24) is 10.6 Å². The minimum Gasteiger partial charge on any atom is -0.355 e. The second-order valence-corrected chi connectivity index (χ2v) is 5.02. The van der Waals surface area contributed by atoms with Crippen LogP contribution in [-0.4, -0.2) is 23.9 Å². The van der Waals surface area contributed by atoms with E-state index in [1.54, 1.807) is 0 Å². The van der Waals surface area contributed by atoms with Crippen molar-refractivity contribution in [2.24, 2.45) is 5.92 Å². The lowest BCUT2D eigenvalue weighted by Gasteiger charge is -2.43. The predicted octanol–water partition coefficient (Wildman–Crippen LogP) is 0.961. The molecule has 2 fully saturated rings. The fourth-order valence-electron chi connectivity index (χ4n) is 2.49. The zero-order chi connectivity index (χ0) is 11.6. The number of carbonyl (C=O) groups is 2. The number of nitrogens with one attached hydrogen (secondary N) is 2. The zero-order valence-corrected chi connectivity index (χ0v) is 9.84. The lowest BCUT2D eigenvalue weighted by Crippen LogP contribution is -2.56. The van der Waals surface area contributed by atoms with Crippen molar-refractivity contribution in [3.63, 3.8) is 0 Å². The second kappa shape index (κ2) is 4.44. The Bertz CT molecular complexity index is 282. The fourth-order valence-corrected chi connectivity index (χ4v) is 2.49. The Balaban J connectivity index is 1.85. The van der Waals surface area contributed by atoms with Crippen molar-refractivity contribution in [2.75, 3.05) is 6.54 Å². The Morgan fingerprint density at radius 1 is 1.56 bits per heavy atom. The van der Waals surface area contributed by atoms with Crippen LogP contribution in [0, 0.1) is 5.92 Å². The van der Waals surface area contributed by atoms with Crippen LogP contribution in [0.25, 0.3) is 0 Å². The summed E-state index contributed by atoms with van der Waals surface area (Å²) in [4.78, 5) is 23.0. The van der Waals surface area contributed by atoms with Gasteiger partial charge in [0.05, 0.1) is 5.92 Å². The SMILES string of the molecule is CCC1(NC(=O)C2CCC(=O)NC2)CCC1. The number of rotatable bonds is 3. The molecule has 1 aliphatic heterocycles. The molecule has 0 radical (unpaired) electrons. The summed E-state index contributed by atoms with van der Waals surface area (Å²) in [6.45, 7) is 2.63. The van der Waals surface area contributed by atoms with Gasteiger partial charge in [-0.2, -0.15) is 0 Å². The van der Waals surface area contributed by atoms with Crippen LogP contribution in [0.15, 0.2) is 0 Å². The molecule has 1 saturated carbocycles. The molecule has 2 amide bonds. The van der Waals surface area contributed by atoms with Crippen molar-refractivity contribution in [3.05, 3.63) is 0 Å². The summed E-state index contributed by atoms with van der Waals surface area (Å²) in [7, 11) is 0. The molecule has 2 aliphatic rings. The molecule has 2 rings (SSSR count). The van der Waals surface area contributed by atoms with Crippen molar-refractivity contribution in [2.45, 2.75) is 51.0 Å². The molecule has 0 bridgehead atoms. The summed E-state index contributed by atoms with van der Waals surface area (Å²) >= 11 is 0. The van der Waals surface area contributed by atoms with Gasteiger partial charge < -0.3 is 10.6 Å². The van der Waals surface area contributed by atoms with Crippen LogP contribution >= 0.6 is 0 Å². The Morgan fingerprint density at radius 2 is 2.31 bits per heavy atom. The molecule has 1 atom stereocenters. The van der Waals surface area contributed by atoms with Crippen molar-refractivity contribution in [1.29, 1.82) is 0 Å². The average molecular weight is 224 g/mol. The lowest BCUT2D eigenvalue weighted by molar-refractivity contribution is -0.131. The first-order chi connectivity index (χ1) is 7.65. The van der Waals surface area contributed by atoms with Crippen LogP contribution in [0.3, 0.4) is 0 Å². The van der Waals surface area contributed by atoms with Gasteiger partial charge in [0.25, 0.3) is 0 Å². The molecule has 4 heteroatoms. The molecule has 1 saturated heterocycles. The predicted molar refractivity (Wildman–Crippen MR) is 60.7 cm³/mol. The molecule has 0 spiro atoms. The maximum atomic E-state index is 12.0. The Morgan fingerprint density at radius 3 is 2.75 bits per heavy atom. The van der Waals surface area contributed by atoms with Gasteiger partial charge >= 0.3 is 0 Å². The number of amides is 2. The molecular formula is C12H20N2O2. The van der Waals surface area contributed by atoms with Crippen LogP contribution in [-0.2, 0) is 9.59 Å². The van der Waals surface area contributed by atoms with E-state index < -0.39 is 0 Å². The third kappa shape index (κ3) is 2.20. The van der Waals surface area contributed by atoms with E-state index in [9.17, 15) is 9.59 Å². The highest BCUT2D eigenvalue weighted by atomic mass is 16.2.